The minimum Gasteiger partial charge on any atom is -0.507 e. The summed E-state index contributed by atoms with van der Waals surface area (Å²) in [6, 6.07) is 10.1. The Hall–Kier alpha value is -2.07. The zero-order valence-electron chi connectivity index (χ0n) is 13.9. The van der Waals surface area contributed by atoms with Crippen molar-refractivity contribution in [3.63, 3.8) is 0 Å². The molecule has 1 aromatic heterocycles. The molecule has 4 heteroatoms. The molecular weight excluding hydrogens is 306 g/mol. The molecule has 0 spiro atoms. The Morgan fingerprint density at radius 2 is 1.96 bits per heavy atom. The fourth-order valence-corrected chi connectivity index (χ4v) is 3.12. The summed E-state index contributed by atoms with van der Waals surface area (Å²) in [5, 5.41) is 10.4. The molecule has 2 aromatic carbocycles. The highest BCUT2D eigenvalue weighted by Crippen LogP contribution is 2.35. The third-order valence-electron chi connectivity index (χ3n) is 4.11. The minimum absolute atomic E-state index is 0.105. The van der Waals surface area contributed by atoms with E-state index in [1.54, 1.807) is 0 Å². The molecule has 3 nitrogen and oxygen atoms in total. The molecule has 0 saturated carbocycles. The summed E-state index contributed by atoms with van der Waals surface area (Å²) in [4.78, 5) is 3.51. The van der Waals surface area contributed by atoms with Gasteiger partial charge in [0.05, 0.1) is 5.52 Å². The SMILES string of the molecule is Cc1cc(Cc2cccc3oc(=S)[nH]c23)cc(C(C)(C)C)c1O. The van der Waals surface area contributed by atoms with Crippen LogP contribution in [0.3, 0.4) is 0 Å². The highest BCUT2D eigenvalue weighted by atomic mass is 32.1. The predicted molar refractivity (Wildman–Crippen MR) is 95.7 cm³/mol. The van der Waals surface area contributed by atoms with Gasteiger partial charge in [-0.3, -0.25) is 0 Å². The van der Waals surface area contributed by atoms with Crippen LogP contribution in [0.25, 0.3) is 11.1 Å². The molecule has 0 saturated heterocycles. The molecule has 2 N–H and O–H groups in total. The minimum atomic E-state index is -0.105. The van der Waals surface area contributed by atoms with Crippen LogP contribution in [-0.4, -0.2) is 10.1 Å². The lowest BCUT2D eigenvalue weighted by Gasteiger charge is -2.22. The maximum absolute atomic E-state index is 10.4. The van der Waals surface area contributed by atoms with E-state index in [-0.39, 0.29) is 5.41 Å². The van der Waals surface area contributed by atoms with Crippen LogP contribution in [0.4, 0.5) is 0 Å². The second-order valence-electron chi connectivity index (χ2n) is 7.04. The molecule has 0 atom stereocenters. The van der Waals surface area contributed by atoms with Crippen LogP contribution >= 0.6 is 12.2 Å². The fraction of sp³-hybridized carbons (Fsp3) is 0.316. The van der Waals surface area contributed by atoms with Crippen LogP contribution in [0.2, 0.25) is 0 Å². The number of hydrogen-bond acceptors (Lipinski definition) is 3. The first-order valence-corrected chi connectivity index (χ1v) is 8.10. The second kappa shape index (κ2) is 5.53. The van der Waals surface area contributed by atoms with Crippen LogP contribution in [0.5, 0.6) is 5.75 Å². The van der Waals surface area contributed by atoms with Crippen molar-refractivity contribution in [1.82, 2.24) is 4.98 Å². The topological polar surface area (TPSA) is 49.2 Å². The smallest absolute Gasteiger partial charge is 0.266 e. The Morgan fingerprint density at radius 3 is 2.65 bits per heavy atom. The van der Waals surface area contributed by atoms with Gasteiger partial charge in [-0.15, -0.1) is 0 Å². The highest BCUT2D eigenvalue weighted by Gasteiger charge is 2.20. The Bertz CT molecular complexity index is 929. The van der Waals surface area contributed by atoms with Gasteiger partial charge in [-0.1, -0.05) is 45.0 Å². The lowest BCUT2D eigenvalue weighted by Crippen LogP contribution is -2.12. The van der Waals surface area contributed by atoms with Gasteiger partial charge >= 0.3 is 0 Å². The van der Waals surface area contributed by atoms with E-state index >= 15 is 0 Å². The zero-order chi connectivity index (χ0) is 16.8. The van der Waals surface area contributed by atoms with Crippen molar-refractivity contribution in [2.75, 3.05) is 0 Å². The molecule has 0 bridgehead atoms. The third kappa shape index (κ3) is 3.04. The number of rotatable bonds is 2. The van der Waals surface area contributed by atoms with Crippen molar-refractivity contribution in [2.45, 2.75) is 39.5 Å². The number of phenolic OH excluding ortho intramolecular Hbond substituents is 1. The van der Waals surface area contributed by atoms with Crippen LogP contribution < -0.4 is 0 Å². The first kappa shape index (κ1) is 15.8. The van der Waals surface area contributed by atoms with Crippen molar-refractivity contribution >= 4 is 23.3 Å². The summed E-state index contributed by atoms with van der Waals surface area (Å²) in [5.74, 6) is 0.391. The molecule has 1 heterocycles. The van der Waals surface area contributed by atoms with Gasteiger partial charge in [-0.25, -0.2) is 0 Å². The van der Waals surface area contributed by atoms with E-state index in [2.05, 4.69) is 37.9 Å². The van der Waals surface area contributed by atoms with Gasteiger partial charge in [0.2, 0.25) is 0 Å². The Morgan fingerprint density at radius 1 is 1.22 bits per heavy atom. The molecular formula is C19H21NO2S. The van der Waals surface area contributed by atoms with E-state index in [0.717, 1.165) is 34.2 Å². The van der Waals surface area contributed by atoms with Crippen molar-refractivity contribution in [1.29, 1.82) is 0 Å². The number of phenols is 1. The van der Waals surface area contributed by atoms with Gasteiger partial charge in [-0.05, 0) is 59.3 Å². The summed E-state index contributed by atoms with van der Waals surface area (Å²) >= 11 is 5.09. The molecule has 120 valence electrons. The van der Waals surface area contributed by atoms with Crippen LogP contribution in [-0.2, 0) is 11.8 Å². The molecule has 0 aliphatic rings. The fourth-order valence-electron chi connectivity index (χ4n) is 2.93. The normalized spacial score (nSPS) is 12.0. The van der Waals surface area contributed by atoms with Crippen molar-refractivity contribution in [3.05, 3.63) is 57.4 Å². The molecule has 0 aliphatic carbocycles. The molecule has 0 unspecified atom stereocenters. The number of hydrogen-bond donors (Lipinski definition) is 2. The lowest BCUT2D eigenvalue weighted by molar-refractivity contribution is 0.442. The molecule has 0 aliphatic heterocycles. The van der Waals surface area contributed by atoms with Crippen molar-refractivity contribution in [2.24, 2.45) is 0 Å². The molecule has 0 radical (unpaired) electrons. The van der Waals surface area contributed by atoms with Crippen LogP contribution in [0.15, 0.2) is 34.7 Å². The van der Waals surface area contributed by atoms with Gasteiger partial charge in [0, 0.05) is 0 Å². The number of oxazole rings is 1. The molecule has 3 aromatic rings. The summed E-state index contributed by atoms with van der Waals surface area (Å²) < 4.78 is 5.49. The first-order valence-electron chi connectivity index (χ1n) is 7.69. The zero-order valence-corrected chi connectivity index (χ0v) is 14.7. The second-order valence-corrected chi connectivity index (χ2v) is 7.41. The number of aromatic amines is 1. The number of aryl methyl sites for hydroxylation is 1. The van der Waals surface area contributed by atoms with Crippen molar-refractivity contribution < 1.29 is 9.52 Å². The van der Waals surface area contributed by atoms with E-state index in [1.807, 2.05) is 25.1 Å². The van der Waals surface area contributed by atoms with Crippen LogP contribution in [0, 0.1) is 11.8 Å². The van der Waals surface area contributed by atoms with Gasteiger partial charge in [-0.2, -0.15) is 0 Å². The molecule has 3 rings (SSSR count). The average molecular weight is 327 g/mol. The number of para-hydroxylation sites is 1. The van der Waals surface area contributed by atoms with E-state index in [4.69, 9.17) is 16.6 Å². The summed E-state index contributed by atoms with van der Waals surface area (Å²) in [7, 11) is 0. The molecule has 0 amide bonds. The lowest BCUT2D eigenvalue weighted by atomic mass is 9.83. The van der Waals surface area contributed by atoms with E-state index < -0.39 is 0 Å². The summed E-state index contributed by atoms with van der Waals surface area (Å²) in [6.07, 6.45) is 0.756. The monoisotopic (exact) mass is 327 g/mol. The third-order valence-corrected chi connectivity index (χ3v) is 4.29. The number of nitrogens with one attached hydrogen (secondary N) is 1. The van der Waals surface area contributed by atoms with Gasteiger partial charge < -0.3 is 14.5 Å². The molecule has 0 fully saturated rings. The van der Waals surface area contributed by atoms with Gasteiger partial charge in [0.1, 0.15) is 5.75 Å². The van der Waals surface area contributed by atoms with E-state index in [9.17, 15) is 5.11 Å². The highest BCUT2D eigenvalue weighted by molar-refractivity contribution is 7.71. The summed E-state index contributed by atoms with van der Waals surface area (Å²) in [5.41, 5.74) is 5.79. The Balaban J connectivity index is 2.09. The van der Waals surface area contributed by atoms with Crippen LogP contribution in [0.1, 0.15) is 43.0 Å². The Kier molecular flexibility index (Phi) is 3.80. The number of fused-ring (bicyclic) bond motifs is 1. The predicted octanol–water partition coefficient (Wildman–Crippen LogP) is 5.39. The number of aromatic nitrogens is 1. The van der Waals surface area contributed by atoms with Crippen molar-refractivity contribution in [3.8, 4) is 5.75 Å². The standard InChI is InChI=1S/C19H21NO2S/c1-11-8-12(10-14(17(11)21)19(2,3)4)9-13-6-5-7-15-16(13)20-18(23)22-15/h5-8,10,21H,9H2,1-4H3,(H,20,23). The maximum Gasteiger partial charge on any atom is 0.266 e. The largest absolute Gasteiger partial charge is 0.507 e. The number of aromatic hydroxyl groups is 1. The number of H-pyrrole nitrogens is 1. The quantitative estimate of drug-likeness (QED) is 0.620. The van der Waals surface area contributed by atoms with Gasteiger partial charge in [0.15, 0.2) is 5.58 Å². The first-order chi connectivity index (χ1) is 10.8. The number of benzene rings is 2. The Labute approximate surface area is 141 Å². The summed E-state index contributed by atoms with van der Waals surface area (Å²) in [6.45, 7) is 8.28. The average Bonchev–Trinajstić information content (AvgIpc) is 2.83. The maximum atomic E-state index is 10.4. The van der Waals surface area contributed by atoms with E-state index in [1.165, 1.54) is 5.56 Å². The van der Waals surface area contributed by atoms with E-state index in [0.29, 0.717) is 10.6 Å². The molecule has 23 heavy (non-hydrogen) atoms. The van der Waals surface area contributed by atoms with Gasteiger partial charge in [0.25, 0.3) is 4.84 Å².